The van der Waals surface area contributed by atoms with Crippen LogP contribution in [0.2, 0.25) is 0 Å². The second kappa shape index (κ2) is 9.94. The van der Waals surface area contributed by atoms with Gasteiger partial charge in [-0.1, -0.05) is 6.92 Å². The summed E-state index contributed by atoms with van der Waals surface area (Å²) in [5.41, 5.74) is 2.12. The summed E-state index contributed by atoms with van der Waals surface area (Å²) in [5, 5.41) is 0. The number of anilines is 1. The third-order valence-corrected chi connectivity index (χ3v) is 7.25. The molecule has 0 radical (unpaired) electrons. The summed E-state index contributed by atoms with van der Waals surface area (Å²) in [7, 11) is 1.44. The normalized spacial score (nSPS) is 24.8. The Bertz CT molecular complexity index is 793. The maximum atomic E-state index is 13.2. The van der Waals surface area contributed by atoms with Gasteiger partial charge in [-0.2, -0.15) is 0 Å². The molecule has 2 amide bonds. The number of esters is 1. The van der Waals surface area contributed by atoms with E-state index in [1.165, 1.54) is 7.11 Å². The van der Waals surface area contributed by atoms with Crippen molar-refractivity contribution in [2.45, 2.75) is 64.3 Å². The van der Waals surface area contributed by atoms with Crippen molar-refractivity contribution in [2.24, 2.45) is 5.92 Å². The highest BCUT2D eigenvalue weighted by molar-refractivity contribution is 5.93. The minimum absolute atomic E-state index is 0.0658. The van der Waals surface area contributed by atoms with Crippen LogP contribution in [0.15, 0.2) is 6.20 Å². The maximum Gasteiger partial charge on any atom is 0.326 e. The highest BCUT2D eigenvalue weighted by Gasteiger charge is 2.37. The average molecular weight is 430 g/mol. The van der Waals surface area contributed by atoms with Crippen molar-refractivity contribution >= 4 is 17.8 Å². The summed E-state index contributed by atoms with van der Waals surface area (Å²) in [6.07, 6.45) is 9.14. The van der Waals surface area contributed by atoms with Gasteiger partial charge in [-0.05, 0) is 44.6 Å². The molecule has 3 aliphatic rings. The first-order valence-electron chi connectivity index (χ1n) is 11.8. The number of aromatic nitrogens is 2. The van der Waals surface area contributed by atoms with Crippen molar-refractivity contribution in [3.8, 4) is 0 Å². The van der Waals surface area contributed by atoms with Crippen LogP contribution >= 0.6 is 0 Å². The maximum absolute atomic E-state index is 13.2. The Labute approximate surface area is 185 Å². The summed E-state index contributed by atoms with van der Waals surface area (Å²) < 4.78 is 4.75. The van der Waals surface area contributed by atoms with Crippen molar-refractivity contribution in [3.63, 3.8) is 0 Å². The Morgan fingerprint density at radius 2 is 1.84 bits per heavy atom. The van der Waals surface area contributed by atoms with Crippen molar-refractivity contribution in [1.29, 1.82) is 0 Å². The molecule has 4 rings (SSSR count). The van der Waals surface area contributed by atoms with Crippen LogP contribution in [0.3, 0.4) is 0 Å². The zero-order valence-corrected chi connectivity index (χ0v) is 18.9. The number of rotatable bonds is 6. The number of nitrogens with zero attached hydrogens (tertiary/aromatic N) is 5. The molecule has 0 N–H and O–H groups in total. The third kappa shape index (κ3) is 5.00. The summed E-state index contributed by atoms with van der Waals surface area (Å²) in [6.45, 7) is 6.68. The Balaban J connectivity index is 1.34. The van der Waals surface area contributed by atoms with E-state index in [4.69, 9.17) is 9.72 Å². The highest BCUT2D eigenvalue weighted by Crippen LogP contribution is 2.33. The van der Waals surface area contributed by atoms with Gasteiger partial charge in [0.05, 0.1) is 24.7 Å². The van der Waals surface area contributed by atoms with Gasteiger partial charge in [0, 0.05) is 51.5 Å². The first kappa shape index (κ1) is 22.0. The lowest BCUT2D eigenvalue weighted by Gasteiger charge is -2.34. The number of carbonyl (C=O) groups is 2. The molecule has 1 aromatic heterocycles. The van der Waals surface area contributed by atoms with Gasteiger partial charge in [0.15, 0.2) is 5.82 Å². The summed E-state index contributed by atoms with van der Waals surface area (Å²) >= 11 is 0. The van der Waals surface area contributed by atoms with Crippen LogP contribution in [-0.4, -0.2) is 77.6 Å². The first-order valence-corrected chi connectivity index (χ1v) is 11.8. The van der Waals surface area contributed by atoms with E-state index >= 15 is 0 Å². The molecule has 0 bridgehead atoms. The molecule has 1 aliphatic carbocycles. The number of ether oxygens (including phenoxy) is 1. The van der Waals surface area contributed by atoms with Crippen molar-refractivity contribution in [2.75, 3.05) is 44.7 Å². The van der Waals surface area contributed by atoms with E-state index in [9.17, 15) is 9.59 Å². The van der Waals surface area contributed by atoms with Gasteiger partial charge >= 0.3 is 12.0 Å². The standard InChI is InChI=1S/C23H35N5O3/c1-3-26-12-10-19-20(11-13-26)25-21(16-24-19)28-15-14-27(23(28)30)18-7-4-17(5-8-18)6-9-22(29)31-2/h16-18H,3-15H2,1-2H3/t17-,18-. The molecule has 1 saturated heterocycles. The quantitative estimate of drug-likeness (QED) is 0.647. The second-order valence-corrected chi connectivity index (χ2v) is 8.97. The van der Waals surface area contributed by atoms with Gasteiger partial charge in [0.25, 0.3) is 0 Å². The summed E-state index contributed by atoms with van der Waals surface area (Å²) in [6, 6.07) is 0.356. The molecule has 0 unspecified atom stereocenters. The van der Waals surface area contributed by atoms with Crippen LogP contribution < -0.4 is 4.90 Å². The molecule has 31 heavy (non-hydrogen) atoms. The molecule has 0 atom stereocenters. The fourth-order valence-electron chi connectivity index (χ4n) is 5.21. The minimum atomic E-state index is -0.128. The van der Waals surface area contributed by atoms with E-state index in [1.807, 2.05) is 4.90 Å². The molecular weight excluding hydrogens is 394 g/mol. The molecular formula is C23H35N5O3. The number of carbonyl (C=O) groups excluding carboxylic acids is 2. The van der Waals surface area contributed by atoms with Crippen molar-refractivity contribution in [1.82, 2.24) is 19.8 Å². The highest BCUT2D eigenvalue weighted by atomic mass is 16.5. The fraction of sp³-hybridized carbons (Fsp3) is 0.739. The number of amides is 2. The largest absolute Gasteiger partial charge is 0.469 e. The van der Waals surface area contributed by atoms with E-state index in [1.54, 1.807) is 11.1 Å². The molecule has 3 heterocycles. The third-order valence-electron chi connectivity index (χ3n) is 7.25. The SMILES string of the molecule is CCN1CCc2ncc(N3CCN([C@H]4CC[C@H](CCC(=O)OC)CC4)C3=O)nc2CC1. The van der Waals surface area contributed by atoms with Gasteiger partial charge in [0.1, 0.15) is 0 Å². The van der Waals surface area contributed by atoms with Crippen LogP contribution in [0, 0.1) is 5.92 Å². The zero-order valence-electron chi connectivity index (χ0n) is 18.9. The lowest BCUT2D eigenvalue weighted by molar-refractivity contribution is -0.141. The lowest BCUT2D eigenvalue weighted by Crippen LogP contribution is -2.41. The predicted octanol–water partition coefficient (Wildman–Crippen LogP) is 2.65. The van der Waals surface area contributed by atoms with Crippen LogP contribution in [0.25, 0.3) is 0 Å². The molecule has 8 nitrogen and oxygen atoms in total. The second-order valence-electron chi connectivity index (χ2n) is 8.97. The molecule has 0 aromatic carbocycles. The monoisotopic (exact) mass is 429 g/mol. The lowest BCUT2D eigenvalue weighted by atomic mass is 9.83. The average Bonchev–Trinajstić information content (AvgIpc) is 3.06. The topological polar surface area (TPSA) is 78.9 Å². The van der Waals surface area contributed by atoms with Gasteiger partial charge in [-0.3, -0.25) is 14.7 Å². The fourth-order valence-corrected chi connectivity index (χ4v) is 5.21. The predicted molar refractivity (Wildman–Crippen MR) is 118 cm³/mol. The van der Waals surface area contributed by atoms with E-state index in [0.29, 0.717) is 30.7 Å². The molecule has 0 spiro atoms. The Morgan fingerprint density at radius 1 is 1.10 bits per heavy atom. The van der Waals surface area contributed by atoms with Crippen LogP contribution in [0.5, 0.6) is 0 Å². The number of urea groups is 1. The number of likely N-dealkylation sites (N-methyl/N-ethyl adjacent to an activating group) is 1. The van der Waals surface area contributed by atoms with Gasteiger partial charge in [-0.25, -0.2) is 9.78 Å². The Morgan fingerprint density at radius 3 is 2.55 bits per heavy atom. The van der Waals surface area contributed by atoms with Crippen LogP contribution in [0.4, 0.5) is 10.6 Å². The first-order chi connectivity index (χ1) is 15.1. The van der Waals surface area contributed by atoms with Gasteiger partial charge in [-0.15, -0.1) is 0 Å². The Kier molecular flexibility index (Phi) is 7.05. The number of hydrogen-bond acceptors (Lipinski definition) is 6. The van der Waals surface area contributed by atoms with E-state index in [-0.39, 0.29) is 12.0 Å². The van der Waals surface area contributed by atoms with E-state index in [2.05, 4.69) is 16.8 Å². The molecule has 8 heteroatoms. The van der Waals surface area contributed by atoms with Crippen LogP contribution in [0.1, 0.15) is 56.8 Å². The summed E-state index contributed by atoms with van der Waals surface area (Å²) in [5.74, 6) is 1.13. The molecule has 2 fully saturated rings. The van der Waals surface area contributed by atoms with Gasteiger partial charge in [0.2, 0.25) is 0 Å². The Hall–Kier alpha value is -2.22. The minimum Gasteiger partial charge on any atom is -0.469 e. The molecule has 1 saturated carbocycles. The number of methoxy groups -OCH3 is 1. The van der Waals surface area contributed by atoms with E-state index < -0.39 is 0 Å². The van der Waals surface area contributed by atoms with Crippen molar-refractivity contribution < 1.29 is 14.3 Å². The number of hydrogen-bond donors (Lipinski definition) is 0. The molecule has 170 valence electrons. The number of fused-ring (bicyclic) bond motifs is 1. The molecule has 2 aliphatic heterocycles. The van der Waals surface area contributed by atoms with Crippen molar-refractivity contribution in [3.05, 3.63) is 17.6 Å². The van der Waals surface area contributed by atoms with Gasteiger partial charge < -0.3 is 14.5 Å². The zero-order chi connectivity index (χ0) is 21.8. The smallest absolute Gasteiger partial charge is 0.326 e. The summed E-state index contributed by atoms with van der Waals surface area (Å²) in [4.78, 5) is 40.4. The van der Waals surface area contributed by atoms with Crippen LogP contribution in [-0.2, 0) is 22.4 Å². The molecule has 1 aromatic rings. The van der Waals surface area contributed by atoms with E-state index in [0.717, 1.165) is 82.5 Å².